The average Bonchev–Trinajstić information content (AvgIpc) is 3.50. The van der Waals surface area contributed by atoms with Crippen LogP contribution in [0.2, 0.25) is 0 Å². The van der Waals surface area contributed by atoms with E-state index in [0.29, 0.717) is 37.5 Å². The van der Waals surface area contributed by atoms with Gasteiger partial charge in [-0.25, -0.2) is 9.13 Å². The van der Waals surface area contributed by atoms with Crippen molar-refractivity contribution in [2.75, 3.05) is 39.6 Å². The lowest BCUT2D eigenvalue weighted by atomic mass is 10.0. The molecule has 3 N–H and O–H groups in total. The topological polar surface area (TPSA) is 237 Å². The zero-order chi connectivity index (χ0) is 62.4. The number of carbonyl (C=O) groups excluding carboxylic acids is 4. The third-order valence-corrected chi connectivity index (χ3v) is 16.2. The molecule has 0 aliphatic carbocycles. The Morgan fingerprint density at radius 2 is 0.643 bits per heavy atom. The molecule has 0 aromatic carbocycles. The number of unbranched alkanes of at least 4 members (excludes halogenated alkanes) is 26. The quantitative estimate of drug-likeness (QED) is 0.0169. The third-order valence-electron chi connectivity index (χ3n) is 14.3. The molecule has 0 spiro atoms. The Labute approximate surface area is 510 Å². The SMILES string of the molecule is CCCCCC/C=C\C=C/CCCCCCCC(=O)OC[C@H](COP(=O)(O)OCC(O)COP(=O)(O)OC[C@@H](COC(=O)CCCCCCCCCCC(C)C)OC(=O)CCCCCCCCC(C)C)OC(=O)CCCCCCCCC(C)C. The molecule has 0 saturated heterocycles. The maximum Gasteiger partial charge on any atom is 0.472 e. The average molecular weight is 1240 g/mol. The normalized spacial score (nSPS) is 14.5. The highest BCUT2D eigenvalue weighted by atomic mass is 31.2. The van der Waals surface area contributed by atoms with Gasteiger partial charge in [0.25, 0.3) is 0 Å². The molecule has 0 radical (unpaired) electrons. The largest absolute Gasteiger partial charge is 0.472 e. The molecule has 0 saturated carbocycles. The van der Waals surface area contributed by atoms with Crippen LogP contribution in [0.15, 0.2) is 24.3 Å². The predicted molar refractivity (Wildman–Crippen MR) is 335 cm³/mol. The number of allylic oxidation sites excluding steroid dienone is 4. The molecule has 0 bridgehead atoms. The lowest BCUT2D eigenvalue weighted by Gasteiger charge is -2.21. The zero-order valence-electron chi connectivity index (χ0n) is 53.8. The first kappa shape index (κ1) is 81.5. The molecule has 0 rings (SSSR count). The number of aliphatic hydroxyl groups excluding tert-OH is 1. The summed E-state index contributed by atoms with van der Waals surface area (Å²) in [7, 11) is -9.90. The van der Waals surface area contributed by atoms with Gasteiger partial charge in [-0.05, 0) is 69.1 Å². The molecule has 0 amide bonds. The number of hydrogen-bond acceptors (Lipinski definition) is 15. The van der Waals surface area contributed by atoms with E-state index in [1.165, 1.54) is 83.5 Å². The maximum atomic E-state index is 13.0. The number of aliphatic hydroxyl groups is 1. The molecule has 0 aliphatic heterocycles. The van der Waals surface area contributed by atoms with Gasteiger partial charge in [0.05, 0.1) is 26.4 Å². The summed E-state index contributed by atoms with van der Waals surface area (Å²) in [5.41, 5.74) is 0. The fourth-order valence-corrected chi connectivity index (χ4v) is 10.7. The molecule has 5 atom stereocenters. The second-order valence-corrected chi connectivity index (χ2v) is 27.2. The number of carbonyl (C=O) groups is 4. The number of phosphoric ester groups is 2. The summed E-state index contributed by atoms with van der Waals surface area (Å²) in [5, 5.41) is 10.5. The number of rotatable bonds is 61. The second kappa shape index (κ2) is 55.8. The fourth-order valence-electron chi connectivity index (χ4n) is 9.12. The van der Waals surface area contributed by atoms with Crippen LogP contribution in [0, 0.1) is 17.8 Å². The predicted octanol–water partition coefficient (Wildman–Crippen LogP) is 17.4. The monoisotopic (exact) mass is 1240 g/mol. The molecular weight excluding hydrogens is 1110 g/mol. The van der Waals surface area contributed by atoms with Crippen molar-refractivity contribution in [3.05, 3.63) is 24.3 Å². The maximum absolute atomic E-state index is 13.0. The highest BCUT2D eigenvalue weighted by Crippen LogP contribution is 2.45. The van der Waals surface area contributed by atoms with E-state index in [0.717, 1.165) is 115 Å². The molecule has 0 aromatic heterocycles. The first-order valence-electron chi connectivity index (χ1n) is 33.2. The molecule has 84 heavy (non-hydrogen) atoms. The van der Waals surface area contributed by atoms with Crippen molar-refractivity contribution in [2.45, 2.75) is 311 Å². The Bertz CT molecular complexity index is 1760. The molecule has 0 fully saturated rings. The lowest BCUT2D eigenvalue weighted by Crippen LogP contribution is -2.30. The Morgan fingerprint density at radius 1 is 0.369 bits per heavy atom. The van der Waals surface area contributed by atoms with Gasteiger partial charge < -0.3 is 33.8 Å². The van der Waals surface area contributed by atoms with Gasteiger partial charge >= 0.3 is 39.5 Å². The van der Waals surface area contributed by atoms with Crippen molar-refractivity contribution in [1.82, 2.24) is 0 Å². The molecule has 17 nitrogen and oxygen atoms in total. The van der Waals surface area contributed by atoms with E-state index >= 15 is 0 Å². The van der Waals surface area contributed by atoms with Crippen LogP contribution in [0.25, 0.3) is 0 Å². The van der Waals surface area contributed by atoms with Crippen LogP contribution in [0.3, 0.4) is 0 Å². The van der Waals surface area contributed by atoms with E-state index in [2.05, 4.69) is 72.8 Å². The summed E-state index contributed by atoms with van der Waals surface area (Å²) in [6.45, 7) is 11.5. The van der Waals surface area contributed by atoms with Gasteiger partial charge in [-0.3, -0.25) is 37.3 Å². The molecule has 0 aromatic rings. The van der Waals surface area contributed by atoms with E-state index < -0.39 is 97.5 Å². The number of phosphoric acid groups is 2. The van der Waals surface area contributed by atoms with Gasteiger partial charge in [0.2, 0.25) is 0 Å². The van der Waals surface area contributed by atoms with Crippen LogP contribution in [0.5, 0.6) is 0 Å². The van der Waals surface area contributed by atoms with Crippen LogP contribution < -0.4 is 0 Å². The molecule has 0 heterocycles. The molecule has 3 unspecified atom stereocenters. The molecule has 494 valence electrons. The highest BCUT2D eigenvalue weighted by molar-refractivity contribution is 7.47. The first-order valence-corrected chi connectivity index (χ1v) is 36.2. The van der Waals surface area contributed by atoms with E-state index in [4.69, 9.17) is 37.0 Å². The summed E-state index contributed by atoms with van der Waals surface area (Å²) in [6, 6.07) is 0. The minimum atomic E-state index is -4.95. The van der Waals surface area contributed by atoms with Crippen LogP contribution in [0.1, 0.15) is 292 Å². The van der Waals surface area contributed by atoms with Gasteiger partial charge in [-0.15, -0.1) is 0 Å². The third kappa shape index (κ3) is 58.6. The van der Waals surface area contributed by atoms with E-state index in [9.17, 15) is 43.2 Å². The number of hydrogen-bond donors (Lipinski definition) is 3. The van der Waals surface area contributed by atoms with Gasteiger partial charge in [-0.2, -0.15) is 0 Å². The van der Waals surface area contributed by atoms with Crippen molar-refractivity contribution < 1.29 is 80.2 Å². The van der Waals surface area contributed by atoms with Gasteiger partial charge in [0.15, 0.2) is 12.2 Å². The Morgan fingerprint density at radius 3 is 0.964 bits per heavy atom. The summed E-state index contributed by atoms with van der Waals surface area (Å²) in [6.07, 6.45) is 40.2. The number of esters is 4. The van der Waals surface area contributed by atoms with Crippen LogP contribution in [0.4, 0.5) is 0 Å². The van der Waals surface area contributed by atoms with E-state index in [1.807, 2.05) is 0 Å². The van der Waals surface area contributed by atoms with Gasteiger partial charge in [-0.1, -0.05) is 240 Å². The molecule has 19 heteroatoms. The second-order valence-electron chi connectivity index (χ2n) is 24.2. The van der Waals surface area contributed by atoms with Crippen LogP contribution in [-0.4, -0.2) is 96.7 Å². The van der Waals surface area contributed by atoms with E-state index in [1.54, 1.807) is 0 Å². The highest BCUT2D eigenvalue weighted by Gasteiger charge is 2.30. The lowest BCUT2D eigenvalue weighted by molar-refractivity contribution is -0.161. The van der Waals surface area contributed by atoms with Crippen molar-refractivity contribution in [3.8, 4) is 0 Å². The Hall–Kier alpha value is -2.46. The zero-order valence-corrected chi connectivity index (χ0v) is 55.6. The van der Waals surface area contributed by atoms with Crippen LogP contribution in [-0.2, 0) is 65.4 Å². The molecular formula is C65H122O17P2. The standard InChI is InChI=1S/C65H122O17P2/c1-8-9-10-11-12-13-14-15-16-17-18-19-23-32-39-46-62(67)75-52-60(81-64(69)48-41-34-27-25-30-37-44-57(4)5)54-79-83(71,72)77-50-59(66)51-78-84(73,74)80-55-61(82-65(70)49-42-35-28-26-31-38-45-58(6)7)53-76-63(68)47-40-33-24-21-20-22-29-36-43-56(2)3/h13-16,56-61,66H,8-12,17-55H2,1-7H3,(H,71,72)(H,73,74)/b14-13-,16-15-/t59?,60-,61-/m1/s1. The van der Waals surface area contributed by atoms with Crippen LogP contribution >= 0.6 is 15.6 Å². The van der Waals surface area contributed by atoms with Gasteiger partial charge in [0, 0.05) is 25.7 Å². The smallest absolute Gasteiger partial charge is 0.462 e. The molecule has 0 aliphatic rings. The van der Waals surface area contributed by atoms with Crippen molar-refractivity contribution in [3.63, 3.8) is 0 Å². The van der Waals surface area contributed by atoms with Crippen molar-refractivity contribution in [1.29, 1.82) is 0 Å². The minimum Gasteiger partial charge on any atom is -0.462 e. The first-order chi connectivity index (χ1) is 40.2. The van der Waals surface area contributed by atoms with Crippen molar-refractivity contribution >= 4 is 39.5 Å². The van der Waals surface area contributed by atoms with Gasteiger partial charge in [0.1, 0.15) is 19.3 Å². The minimum absolute atomic E-state index is 0.0945. The van der Waals surface area contributed by atoms with E-state index in [-0.39, 0.29) is 25.7 Å². The summed E-state index contributed by atoms with van der Waals surface area (Å²) in [5.74, 6) is -0.116. The Balaban J connectivity index is 5.23. The van der Waals surface area contributed by atoms with Crippen molar-refractivity contribution in [2.24, 2.45) is 17.8 Å². The number of ether oxygens (including phenoxy) is 4. The summed E-state index contributed by atoms with van der Waals surface area (Å²) in [4.78, 5) is 72.1. The fraction of sp³-hybridized carbons (Fsp3) is 0.877. The summed E-state index contributed by atoms with van der Waals surface area (Å²) >= 11 is 0. The Kier molecular flexibility index (Phi) is 54.2. The summed E-state index contributed by atoms with van der Waals surface area (Å²) < 4.78 is 67.9.